The molecule has 6 nitrogen and oxygen atoms in total. The highest BCUT2D eigenvalue weighted by molar-refractivity contribution is 5.79. The van der Waals surface area contributed by atoms with Gasteiger partial charge in [-0.05, 0) is 60.9 Å². The molecule has 1 aliphatic heterocycles. The Morgan fingerprint density at radius 3 is 2.43 bits per heavy atom. The molecule has 1 saturated heterocycles. The summed E-state index contributed by atoms with van der Waals surface area (Å²) < 4.78 is 18.7. The first kappa shape index (κ1) is 19.8. The van der Waals surface area contributed by atoms with Crippen molar-refractivity contribution in [2.24, 2.45) is 5.92 Å². The van der Waals surface area contributed by atoms with E-state index in [0.29, 0.717) is 30.5 Å². The zero-order valence-electron chi connectivity index (χ0n) is 16.5. The van der Waals surface area contributed by atoms with Crippen LogP contribution < -0.4 is 15.0 Å². The second kappa shape index (κ2) is 9.35. The van der Waals surface area contributed by atoms with E-state index < -0.39 is 0 Å². The van der Waals surface area contributed by atoms with Crippen LogP contribution in [0.1, 0.15) is 18.4 Å². The Morgan fingerprint density at radius 1 is 1.07 bits per heavy atom. The molecule has 1 atom stereocenters. The van der Waals surface area contributed by atoms with Crippen molar-refractivity contribution in [3.8, 4) is 11.5 Å². The summed E-state index contributed by atoms with van der Waals surface area (Å²) >= 11 is 0. The summed E-state index contributed by atoms with van der Waals surface area (Å²) in [4.78, 5) is 23.3. The Morgan fingerprint density at radius 2 is 1.73 bits per heavy atom. The van der Waals surface area contributed by atoms with Gasteiger partial charge in [0.25, 0.3) is 0 Å². The number of nitrogens with zero attached hydrogens (tertiary/aromatic N) is 3. The third-order valence-corrected chi connectivity index (χ3v) is 5.07. The van der Waals surface area contributed by atoms with Crippen molar-refractivity contribution in [1.82, 2.24) is 15.3 Å². The molecule has 0 saturated carbocycles. The first-order chi connectivity index (χ1) is 14.7. The highest BCUT2D eigenvalue weighted by Crippen LogP contribution is 2.23. The molecule has 3 aromatic rings. The van der Waals surface area contributed by atoms with Crippen molar-refractivity contribution in [2.45, 2.75) is 19.4 Å². The summed E-state index contributed by atoms with van der Waals surface area (Å²) in [6.45, 7) is 1.94. The fraction of sp³-hybridized carbons (Fsp3) is 0.261. The number of carbonyl (C=O) groups excluding carboxylic acids is 1. The zero-order valence-corrected chi connectivity index (χ0v) is 16.5. The standard InChI is InChI=1S/C23H23FN4O2/c24-19-6-10-21(11-7-19)30-20-8-4-17(5-9-20)15-27-22(29)18-3-1-14-28(16-18)23-25-12-2-13-26-23/h2,4-13,18H,1,3,14-16H2,(H,27,29)/t18-/m0/s1. The lowest BCUT2D eigenvalue weighted by Gasteiger charge is -2.31. The van der Waals surface area contributed by atoms with Crippen LogP contribution in [0.25, 0.3) is 0 Å². The van der Waals surface area contributed by atoms with E-state index in [0.717, 1.165) is 24.9 Å². The summed E-state index contributed by atoms with van der Waals surface area (Å²) in [6, 6.07) is 15.1. The van der Waals surface area contributed by atoms with Gasteiger partial charge >= 0.3 is 0 Å². The average Bonchev–Trinajstić information content (AvgIpc) is 2.80. The van der Waals surface area contributed by atoms with E-state index in [1.807, 2.05) is 24.3 Å². The van der Waals surface area contributed by atoms with Crippen molar-refractivity contribution in [1.29, 1.82) is 0 Å². The van der Waals surface area contributed by atoms with Crippen LogP contribution in [0.5, 0.6) is 11.5 Å². The van der Waals surface area contributed by atoms with Crippen molar-refractivity contribution in [3.63, 3.8) is 0 Å². The number of rotatable bonds is 6. The summed E-state index contributed by atoms with van der Waals surface area (Å²) in [6.07, 6.45) is 5.23. The number of benzene rings is 2. The number of anilines is 1. The third kappa shape index (κ3) is 5.11. The van der Waals surface area contributed by atoms with Crippen LogP contribution in [-0.4, -0.2) is 29.0 Å². The van der Waals surface area contributed by atoms with Crippen LogP contribution >= 0.6 is 0 Å². The maximum atomic E-state index is 13.0. The van der Waals surface area contributed by atoms with Crippen molar-refractivity contribution < 1.29 is 13.9 Å². The maximum absolute atomic E-state index is 13.0. The van der Waals surface area contributed by atoms with Crippen LogP contribution in [0.2, 0.25) is 0 Å². The van der Waals surface area contributed by atoms with Crippen LogP contribution in [0.3, 0.4) is 0 Å². The minimum Gasteiger partial charge on any atom is -0.457 e. The Kier molecular flexibility index (Phi) is 6.17. The molecule has 7 heteroatoms. The quantitative estimate of drug-likeness (QED) is 0.672. The van der Waals surface area contributed by atoms with Crippen LogP contribution in [0.4, 0.5) is 10.3 Å². The minimum atomic E-state index is -0.300. The van der Waals surface area contributed by atoms with Gasteiger partial charge in [-0.2, -0.15) is 0 Å². The fourth-order valence-corrected chi connectivity index (χ4v) is 3.47. The van der Waals surface area contributed by atoms with Gasteiger partial charge in [0.2, 0.25) is 11.9 Å². The SMILES string of the molecule is O=C(NCc1ccc(Oc2ccc(F)cc2)cc1)[C@H]1CCCN(c2ncccn2)C1. The molecule has 0 bridgehead atoms. The fourth-order valence-electron chi connectivity index (χ4n) is 3.47. The van der Waals surface area contributed by atoms with E-state index in [4.69, 9.17) is 4.74 Å². The Labute approximate surface area is 174 Å². The molecular formula is C23H23FN4O2. The number of hydrogen-bond acceptors (Lipinski definition) is 5. The molecular weight excluding hydrogens is 383 g/mol. The molecule has 0 aliphatic carbocycles. The molecule has 2 aromatic carbocycles. The molecule has 2 heterocycles. The molecule has 0 spiro atoms. The second-order valence-corrected chi connectivity index (χ2v) is 7.25. The summed E-state index contributed by atoms with van der Waals surface area (Å²) in [5, 5.41) is 3.03. The molecule has 0 radical (unpaired) electrons. The maximum Gasteiger partial charge on any atom is 0.225 e. The molecule has 1 aromatic heterocycles. The summed E-state index contributed by atoms with van der Waals surface area (Å²) in [5.41, 5.74) is 0.980. The second-order valence-electron chi connectivity index (χ2n) is 7.25. The van der Waals surface area contributed by atoms with Gasteiger partial charge in [0.15, 0.2) is 0 Å². The van der Waals surface area contributed by atoms with Gasteiger partial charge in [-0.15, -0.1) is 0 Å². The van der Waals surface area contributed by atoms with Crippen molar-refractivity contribution in [2.75, 3.05) is 18.0 Å². The molecule has 1 N–H and O–H groups in total. The molecule has 30 heavy (non-hydrogen) atoms. The Balaban J connectivity index is 1.28. The monoisotopic (exact) mass is 406 g/mol. The Bertz CT molecular complexity index is 965. The number of halogens is 1. The van der Waals surface area contributed by atoms with Crippen LogP contribution in [0.15, 0.2) is 67.0 Å². The molecule has 1 fully saturated rings. The van der Waals surface area contributed by atoms with Gasteiger partial charge in [0.05, 0.1) is 5.92 Å². The predicted molar refractivity (Wildman–Crippen MR) is 112 cm³/mol. The Hall–Kier alpha value is -3.48. The van der Waals surface area contributed by atoms with Gasteiger partial charge in [-0.3, -0.25) is 4.79 Å². The lowest BCUT2D eigenvalue weighted by molar-refractivity contribution is -0.125. The smallest absolute Gasteiger partial charge is 0.225 e. The van der Waals surface area contributed by atoms with Crippen molar-refractivity contribution in [3.05, 3.63) is 78.4 Å². The van der Waals surface area contributed by atoms with E-state index >= 15 is 0 Å². The zero-order chi connectivity index (χ0) is 20.8. The van der Waals surface area contributed by atoms with E-state index in [-0.39, 0.29) is 17.6 Å². The largest absolute Gasteiger partial charge is 0.457 e. The molecule has 0 unspecified atom stereocenters. The minimum absolute atomic E-state index is 0.0438. The highest BCUT2D eigenvalue weighted by Gasteiger charge is 2.26. The van der Waals surface area contributed by atoms with Gasteiger partial charge in [-0.1, -0.05) is 12.1 Å². The number of aromatic nitrogens is 2. The number of piperidine rings is 1. The average molecular weight is 406 g/mol. The first-order valence-electron chi connectivity index (χ1n) is 9.99. The van der Waals surface area contributed by atoms with Gasteiger partial charge in [0, 0.05) is 32.0 Å². The number of amides is 1. The topological polar surface area (TPSA) is 67.3 Å². The van der Waals surface area contributed by atoms with Gasteiger partial charge < -0.3 is 15.0 Å². The van der Waals surface area contributed by atoms with Crippen LogP contribution in [-0.2, 0) is 11.3 Å². The summed E-state index contributed by atoms with van der Waals surface area (Å²) in [7, 11) is 0. The first-order valence-corrected chi connectivity index (χ1v) is 9.99. The number of hydrogen-bond donors (Lipinski definition) is 1. The van der Waals surface area contributed by atoms with E-state index in [9.17, 15) is 9.18 Å². The number of ether oxygens (including phenoxy) is 1. The molecule has 1 amide bonds. The number of nitrogens with one attached hydrogen (secondary N) is 1. The molecule has 4 rings (SSSR count). The highest BCUT2D eigenvalue weighted by atomic mass is 19.1. The lowest BCUT2D eigenvalue weighted by Crippen LogP contribution is -2.43. The predicted octanol–water partition coefficient (Wildman–Crippen LogP) is 3.94. The molecule has 154 valence electrons. The van der Waals surface area contributed by atoms with Gasteiger partial charge in [0.1, 0.15) is 17.3 Å². The van der Waals surface area contributed by atoms with Crippen molar-refractivity contribution >= 4 is 11.9 Å². The molecule has 1 aliphatic rings. The van der Waals surface area contributed by atoms with E-state index in [1.54, 1.807) is 30.6 Å². The summed E-state index contributed by atoms with van der Waals surface area (Å²) in [5.74, 6) is 1.56. The lowest BCUT2D eigenvalue weighted by atomic mass is 9.97. The normalized spacial score (nSPS) is 16.2. The van der Waals surface area contributed by atoms with E-state index in [2.05, 4.69) is 20.2 Å². The third-order valence-electron chi connectivity index (χ3n) is 5.07. The van der Waals surface area contributed by atoms with Crippen LogP contribution in [0, 0.1) is 11.7 Å². The van der Waals surface area contributed by atoms with Gasteiger partial charge in [-0.25, -0.2) is 14.4 Å². The number of carbonyl (C=O) groups is 1. The van der Waals surface area contributed by atoms with E-state index in [1.165, 1.54) is 12.1 Å².